The second-order valence-corrected chi connectivity index (χ2v) is 4.10. The van der Waals surface area contributed by atoms with Crippen molar-refractivity contribution in [2.75, 3.05) is 7.11 Å². The van der Waals surface area contributed by atoms with Gasteiger partial charge in [-0.25, -0.2) is 0 Å². The van der Waals surface area contributed by atoms with Gasteiger partial charge in [0.05, 0.1) is 5.56 Å². The molecule has 1 atom stereocenters. The van der Waals surface area contributed by atoms with E-state index < -0.39 is 0 Å². The van der Waals surface area contributed by atoms with E-state index in [1.807, 2.05) is 0 Å². The van der Waals surface area contributed by atoms with Gasteiger partial charge in [0.15, 0.2) is 0 Å². The summed E-state index contributed by atoms with van der Waals surface area (Å²) in [7, 11) is 1.59. The second-order valence-electron chi connectivity index (χ2n) is 4.10. The number of rotatable bonds is 4. The number of methoxy groups -OCH3 is 1. The molecule has 88 valence electrons. The molecule has 1 aliphatic carbocycles. The molecule has 5 nitrogen and oxygen atoms in total. The monoisotopic (exact) mass is 224 g/mol. The summed E-state index contributed by atoms with van der Waals surface area (Å²) in [4.78, 5) is 18.3. The van der Waals surface area contributed by atoms with Gasteiger partial charge in [-0.2, -0.15) is 4.98 Å². The van der Waals surface area contributed by atoms with Crippen molar-refractivity contribution >= 4 is 0 Å². The van der Waals surface area contributed by atoms with E-state index in [-0.39, 0.29) is 17.5 Å². The topological polar surface area (TPSA) is 75.2 Å². The number of H-pyrrole nitrogens is 1. The Bertz CT molecular complexity index is 437. The molecule has 0 radical (unpaired) electrons. The number of nitrogens with one attached hydrogen (secondary N) is 1. The minimum atomic E-state index is -0.271. The zero-order valence-electron chi connectivity index (χ0n) is 9.49. The summed E-state index contributed by atoms with van der Waals surface area (Å²) < 4.78 is 5.30. The Kier molecular flexibility index (Phi) is 2.96. The first-order chi connectivity index (χ1) is 7.67. The van der Waals surface area contributed by atoms with Crippen molar-refractivity contribution in [2.24, 2.45) is 5.92 Å². The molecule has 1 unspecified atom stereocenters. The van der Waals surface area contributed by atoms with Gasteiger partial charge in [0.2, 0.25) is 5.88 Å². The standard InChI is InChI=1S/C11H16N2O3/c1-3-7-10(14)12-9(13-11(7)15)8(16-2)6-4-5-6/h6,8H,3-5H2,1-2H3,(H2,12,13,14,15). The third-order valence-corrected chi connectivity index (χ3v) is 2.94. The van der Waals surface area contributed by atoms with Crippen molar-refractivity contribution in [3.05, 3.63) is 21.7 Å². The van der Waals surface area contributed by atoms with Gasteiger partial charge in [-0.15, -0.1) is 0 Å². The van der Waals surface area contributed by atoms with Crippen LogP contribution in [-0.4, -0.2) is 22.2 Å². The molecule has 1 heterocycles. The van der Waals surface area contributed by atoms with Gasteiger partial charge in [0, 0.05) is 7.11 Å². The molecule has 1 fully saturated rings. The summed E-state index contributed by atoms with van der Waals surface area (Å²) in [5, 5.41) is 9.63. The Balaban J connectivity index is 2.38. The van der Waals surface area contributed by atoms with Crippen molar-refractivity contribution in [3.63, 3.8) is 0 Å². The average molecular weight is 224 g/mol. The molecule has 0 aromatic carbocycles. The molecule has 2 N–H and O–H groups in total. The van der Waals surface area contributed by atoms with E-state index in [0.717, 1.165) is 12.8 Å². The highest BCUT2D eigenvalue weighted by Gasteiger charge is 2.34. The van der Waals surface area contributed by atoms with Gasteiger partial charge in [-0.05, 0) is 25.2 Å². The lowest BCUT2D eigenvalue weighted by Crippen LogP contribution is -2.19. The zero-order valence-corrected chi connectivity index (χ0v) is 9.49. The quantitative estimate of drug-likeness (QED) is 0.804. The molecule has 0 aliphatic heterocycles. The maximum absolute atomic E-state index is 11.6. The highest BCUT2D eigenvalue weighted by molar-refractivity contribution is 5.23. The summed E-state index contributed by atoms with van der Waals surface area (Å²) in [5.74, 6) is 0.675. The number of ether oxygens (including phenoxy) is 1. The highest BCUT2D eigenvalue weighted by atomic mass is 16.5. The van der Waals surface area contributed by atoms with E-state index >= 15 is 0 Å². The molecular formula is C11H16N2O3. The van der Waals surface area contributed by atoms with Crippen LogP contribution in [0.15, 0.2) is 4.79 Å². The van der Waals surface area contributed by atoms with Gasteiger partial charge in [0.25, 0.3) is 5.56 Å². The van der Waals surface area contributed by atoms with Crippen LogP contribution >= 0.6 is 0 Å². The van der Waals surface area contributed by atoms with E-state index in [1.54, 1.807) is 14.0 Å². The maximum atomic E-state index is 11.6. The molecule has 1 saturated carbocycles. The molecule has 1 aliphatic rings. The molecule has 0 bridgehead atoms. The van der Waals surface area contributed by atoms with Crippen LogP contribution in [0.25, 0.3) is 0 Å². The first-order valence-corrected chi connectivity index (χ1v) is 5.52. The van der Waals surface area contributed by atoms with Crippen LogP contribution in [0, 0.1) is 5.92 Å². The molecule has 0 amide bonds. The first-order valence-electron chi connectivity index (χ1n) is 5.52. The number of aromatic amines is 1. The Morgan fingerprint density at radius 2 is 2.31 bits per heavy atom. The van der Waals surface area contributed by atoms with Crippen molar-refractivity contribution in [2.45, 2.75) is 32.3 Å². The Morgan fingerprint density at radius 3 is 2.75 bits per heavy atom. The van der Waals surface area contributed by atoms with Crippen LogP contribution in [0.3, 0.4) is 0 Å². The fourth-order valence-electron chi connectivity index (χ4n) is 1.88. The molecule has 2 rings (SSSR count). The van der Waals surface area contributed by atoms with E-state index in [0.29, 0.717) is 23.7 Å². The summed E-state index contributed by atoms with van der Waals surface area (Å²) >= 11 is 0. The smallest absolute Gasteiger partial charge is 0.257 e. The highest BCUT2D eigenvalue weighted by Crippen LogP contribution is 2.41. The Morgan fingerprint density at radius 1 is 1.62 bits per heavy atom. The van der Waals surface area contributed by atoms with E-state index in [2.05, 4.69) is 9.97 Å². The van der Waals surface area contributed by atoms with Crippen LogP contribution in [0.1, 0.15) is 37.3 Å². The fraction of sp³-hybridized carbons (Fsp3) is 0.636. The third-order valence-electron chi connectivity index (χ3n) is 2.94. The SMILES string of the molecule is CCc1c(O)nc(C(OC)C2CC2)[nH]c1=O. The molecule has 5 heteroatoms. The van der Waals surface area contributed by atoms with Gasteiger partial charge in [0.1, 0.15) is 11.9 Å². The second kappa shape index (κ2) is 4.25. The fourth-order valence-corrected chi connectivity index (χ4v) is 1.88. The molecule has 1 aromatic rings. The maximum Gasteiger partial charge on any atom is 0.257 e. The summed E-state index contributed by atoms with van der Waals surface area (Å²) in [5.41, 5.74) is 0.0575. The molecule has 0 spiro atoms. The van der Waals surface area contributed by atoms with Crippen LogP contribution in [0.2, 0.25) is 0 Å². The van der Waals surface area contributed by atoms with E-state index in [4.69, 9.17) is 4.74 Å². The first kappa shape index (κ1) is 11.1. The van der Waals surface area contributed by atoms with Gasteiger partial charge >= 0.3 is 0 Å². The van der Waals surface area contributed by atoms with E-state index in [9.17, 15) is 9.90 Å². The summed E-state index contributed by atoms with van der Waals surface area (Å²) in [6, 6.07) is 0. The van der Waals surface area contributed by atoms with Crippen molar-refractivity contribution in [1.82, 2.24) is 9.97 Å². The minimum absolute atomic E-state index is 0.177. The van der Waals surface area contributed by atoms with Crippen LogP contribution in [0.4, 0.5) is 0 Å². The normalized spacial score (nSPS) is 17.4. The number of aromatic hydroxyl groups is 1. The average Bonchev–Trinajstić information content (AvgIpc) is 3.03. The number of hydrogen-bond acceptors (Lipinski definition) is 4. The van der Waals surface area contributed by atoms with Crippen molar-refractivity contribution < 1.29 is 9.84 Å². The Hall–Kier alpha value is -1.36. The molecule has 0 saturated heterocycles. The lowest BCUT2D eigenvalue weighted by Gasteiger charge is -2.14. The zero-order chi connectivity index (χ0) is 11.7. The minimum Gasteiger partial charge on any atom is -0.493 e. The van der Waals surface area contributed by atoms with Crippen LogP contribution in [0.5, 0.6) is 5.88 Å². The lowest BCUT2D eigenvalue weighted by atomic mass is 10.2. The van der Waals surface area contributed by atoms with E-state index in [1.165, 1.54) is 0 Å². The van der Waals surface area contributed by atoms with Gasteiger partial charge in [-0.3, -0.25) is 4.79 Å². The van der Waals surface area contributed by atoms with Crippen molar-refractivity contribution in [1.29, 1.82) is 0 Å². The summed E-state index contributed by atoms with van der Waals surface area (Å²) in [6.07, 6.45) is 2.43. The predicted octanol–water partition coefficient (Wildman–Crippen LogP) is 1.14. The lowest BCUT2D eigenvalue weighted by molar-refractivity contribution is 0.0763. The number of hydrogen-bond donors (Lipinski definition) is 2. The van der Waals surface area contributed by atoms with Crippen LogP contribution < -0.4 is 5.56 Å². The third kappa shape index (κ3) is 1.95. The van der Waals surface area contributed by atoms with Gasteiger partial charge in [-0.1, -0.05) is 6.92 Å². The predicted molar refractivity (Wildman–Crippen MR) is 58.4 cm³/mol. The van der Waals surface area contributed by atoms with Crippen LogP contribution in [-0.2, 0) is 11.2 Å². The number of nitrogens with zero attached hydrogens (tertiary/aromatic N) is 1. The van der Waals surface area contributed by atoms with Gasteiger partial charge < -0.3 is 14.8 Å². The summed E-state index contributed by atoms with van der Waals surface area (Å²) in [6.45, 7) is 1.81. The molecule has 16 heavy (non-hydrogen) atoms. The largest absolute Gasteiger partial charge is 0.493 e. The number of aromatic nitrogens is 2. The molecular weight excluding hydrogens is 208 g/mol. The Labute approximate surface area is 93.5 Å². The van der Waals surface area contributed by atoms with Crippen molar-refractivity contribution in [3.8, 4) is 5.88 Å². The molecule has 1 aromatic heterocycles.